The van der Waals surface area contributed by atoms with Crippen LogP contribution in [0.4, 0.5) is 13.2 Å². The van der Waals surface area contributed by atoms with E-state index in [1.165, 1.54) is 29.2 Å². The molecule has 188 valence electrons. The molecule has 4 aromatic rings. The van der Waals surface area contributed by atoms with Crippen molar-refractivity contribution in [2.45, 2.75) is 18.8 Å². The van der Waals surface area contributed by atoms with Gasteiger partial charge >= 0.3 is 6.36 Å². The Morgan fingerprint density at radius 2 is 1.81 bits per heavy atom. The normalized spacial score (nSPS) is 16.8. The summed E-state index contributed by atoms with van der Waals surface area (Å²) in [6, 6.07) is 18.6. The molecule has 3 aromatic carbocycles. The summed E-state index contributed by atoms with van der Waals surface area (Å²) in [7, 11) is 0. The molecule has 6 nitrogen and oxygen atoms in total. The minimum Gasteiger partial charge on any atom is -0.454 e. The van der Waals surface area contributed by atoms with Crippen LogP contribution >= 0.6 is 0 Å². The number of fused-ring (bicyclic) bond motifs is 4. The van der Waals surface area contributed by atoms with Crippen LogP contribution in [0.5, 0.6) is 17.2 Å². The van der Waals surface area contributed by atoms with E-state index in [0.29, 0.717) is 18.0 Å². The van der Waals surface area contributed by atoms with Gasteiger partial charge in [-0.1, -0.05) is 24.3 Å². The van der Waals surface area contributed by atoms with Crippen LogP contribution < -0.4 is 14.2 Å². The number of hydrogen-bond donors (Lipinski definition) is 1. The number of nitrogens with one attached hydrogen (secondary N) is 1. The summed E-state index contributed by atoms with van der Waals surface area (Å²) in [4.78, 5) is 18.5. The molecule has 2 aliphatic rings. The maximum Gasteiger partial charge on any atom is 0.573 e. The fraction of sp³-hybridized carbons (Fsp3) is 0.179. The number of rotatable bonds is 5. The zero-order valence-corrected chi connectivity index (χ0v) is 19.4. The van der Waals surface area contributed by atoms with Gasteiger partial charge in [0.2, 0.25) is 6.79 Å². The van der Waals surface area contributed by atoms with E-state index in [0.717, 1.165) is 35.3 Å². The predicted octanol–water partition coefficient (Wildman–Crippen LogP) is 6.14. The first kappa shape index (κ1) is 23.0. The van der Waals surface area contributed by atoms with E-state index in [1.54, 1.807) is 6.20 Å². The Labute approximate surface area is 209 Å². The quantitative estimate of drug-likeness (QED) is 0.260. The molecule has 3 heterocycles. The highest BCUT2D eigenvalue weighted by atomic mass is 19.4. The van der Waals surface area contributed by atoms with Crippen molar-refractivity contribution in [3.63, 3.8) is 0 Å². The third-order valence-corrected chi connectivity index (χ3v) is 6.57. The number of nitrogens with zero attached hydrogens (tertiary/aromatic N) is 1. The Bertz CT molecular complexity index is 1510. The van der Waals surface area contributed by atoms with E-state index in [9.17, 15) is 18.0 Å². The van der Waals surface area contributed by atoms with E-state index in [1.807, 2.05) is 36.4 Å². The lowest BCUT2D eigenvalue weighted by Crippen LogP contribution is -2.32. The van der Waals surface area contributed by atoms with Crippen molar-refractivity contribution in [2.75, 3.05) is 13.3 Å². The van der Waals surface area contributed by atoms with E-state index in [2.05, 4.69) is 20.7 Å². The van der Waals surface area contributed by atoms with Gasteiger partial charge < -0.3 is 24.1 Å². The first-order valence-electron chi connectivity index (χ1n) is 11.7. The minimum atomic E-state index is -4.79. The number of ether oxygens (including phenoxy) is 3. The largest absolute Gasteiger partial charge is 0.573 e. The van der Waals surface area contributed by atoms with Gasteiger partial charge in [0, 0.05) is 41.0 Å². The summed E-state index contributed by atoms with van der Waals surface area (Å²) < 4.78 is 52.2. The summed E-state index contributed by atoms with van der Waals surface area (Å²) >= 11 is 0. The van der Waals surface area contributed by atoms with Crippen molar-refractivity contribution in [3.05, 3.63) is 101 Å². The summed E-state index contributed by atoms with van der Waals surface area (Å²) in [6.45, 7) is 0.835. The Kier molecular flexibility index (Phi) is 5.55. The van der Waals surface area contributed by atoms with Crippen molar-refractivity contribution in [2.24, 2.45) is 0 Å². The first-order chi connectivity index (χ1) is 17.9. The molecular weight excluding hydrogens is 485 g/mol. The number of alkyl halides is 3. The SMILES string of the molecule is O=C(/C=C/N1CCc2c([nH]c3ccccc23)C1c1ccc2c(c1)OCO2)c1ccc(OC(F)(F)F)cc1. The van der Waals surface area contributed by atoms with Gasteiger partial charge in [-0.25, -0.2) is 0 Å². The fourth-order valence-electron chi connectivity index (χ4n) is 4.94. The van der Waals surface area contributed by atoms with Gasteiger partial charge in [-0.15, -0.1) is 13.2 Å². The number of carbonyl (C=O) groups is 1. The average molecular weight is 506 g/mol. The number of hydrogen-bond acceptors (Lipinski definition) is 5. The number of halogens is 3. The second-order valence-corrected chi connectivity index (χ2v) is 8.82. The maximum atomic E-state index is 12.8. The molecule has 0 saturated carbocycles. The zero-order chi connectivity index (χ0) is 25.6. The predicted molar refractivity (Wildman–Crippen MR) is 130 cm³/mol. The number of aromatic nitrogens is 1. The minimum absolute atomic E-state index is 0.173. The van der Waals surface area contributed by atoms with E-state index >= 15 is 0 Å². The van der Waals surface area contributed by atoms with Gasteiger partial charge in [-0.05, 0) is 60.0 Å². The van der Waals surface area contributed by atoms with Crippen LogP contribution in [0.2, 0.25) is 0 Å². The molecule has 37 heavy (non-hydrogen) atoms. The van der Waals surface area contributed by atoms with Gasteiger partial charge in [0.1, 0.15) is 5.75 Å². The van der Waals surface area contributed by atoms with Crippen LogP contribution in [0.3, 0.4) is 0 Å². The lowest BCUT2D eigenvalue weighted by atomic mass is 9.92. The third-order valence-electron chi connectivity index (χ3n) is 6.57. The molecule has 0 saturated heterocycles. The molecule has 1 unspecified atom stereocenters. The number of ketones is 1. The molecular formula is C28H21F3N2O4. The molecule has 0 amide bonds. The van der Waals surface area contributed by atoms with Crippen LogP contribution in [0.1, 0.15) is 33.2 Å². The highest BCUT2D eigenvalue weighted by molar-refractivity contribution is 6.04. The molecule has 2 aliphatic heterocycles. The van der Waals surface area contributed by atoms with Crippen LogP contribution in [-0.4, -0.2) is 35.4 Å². The summed E-state index contributed by atoms with van der Waals surface area (Å²) in [5, 5.41) is 1.17. The number of allylic oxidation sites excluding steroid dienone is 1. The average Bonchev–Trinajstić information content (AvgIpc) is 3.50. The van der Waals surface area contributed by atoms with Gasteiger partial charge in [0.15, 0.2) is 17.3 Å². The Balaban J connectivity index is 1.32. The standard InChI is InChI=1S/C28H21F3N2O4/c29-28(30,31)37-19-8-5-17(6-9-19)23(34)12-14-33-13-11-21-20-3-1-2-4-22(20)32-26(21)27(33)18-7-10-24-25(15-18)36-16-35-24/h1-10,12,14-15,27,32H,11,13,16H2/b14-12+. The molecule has 0 bridgehead atoms. The van der Waals surface area contributed by atoms with Crippen molar-refractivity contribution in [1.29, 1.82) is 0 Å². The molecule has 0 fully saturated rings. The molecule has 1 atom stereocenters. The molecule has 1 N–H and O–H groups in total. The summed E-state index contributed by atoms with van der Waals surface area (Å²) in [5.74, 6) is 0.650. The van der Waals surface area contributed by atoms with Crippen LogP contribution in [0, 0.1) is 0 Å². The van der Waals surface area contributed by atoms with Crippen molar-refractivity contribution >= 4 is 16.7 Å². The summed E-state index contributed by atoms with van der Waals surface area (Å²) in [6.07, 6.45) is -0.827. The van der Waals surface area contributed by atoms with Crippen molar-refractivity contribution < 1.29 is 32.2 Å². The van der Waals surface area contributed by atoms with E-state index < -0.39 is 6.36 Å². The molecule has 6 rings (SSSR count). The molecule has 0 spiro atoms. The fourth-order valence-corrected chi connectivity index (χ4v) is 4.94. The van der Waals surface area contributed by atoms with Gasteiger partial charge in [0.25, 0.3) is 0 Å². The van der Waals surface area contributed by atoms with Crippen LogP contribution in [0.15, 0.2) is 79.0 Å². The Morgan fingerprint density at radius 1 is 1.03 bits per heavy atom. The molecule has 0 radical (unpaired) electrons. The highest BCUT2D eigenvalue weighted by Crippen LogP contribution is 2.42. The number of H-pyrrole nitrogens is 1. The first-order valence-corrected chi connectivity index (χ1v) is 11.7. The van der Waals surface area contributed by atoms with Gasteiger partial charge in [-0.2, -0.15) is 0 Å². The van der Waals surface area contributed by atoms with E-state index in [4.69, 9.17) is 9.47 Å². The smallest absolute Gasteiger partial charge is 0.454 e. The van der Waals surface area contributed by atoms with Crippen molar-refractivity contribution in [1.82, 2.24) is 9.88 Å². The highest BCUT2D eigenvalue weighted by Gasteiger charge is 2.32. The topological polar surface area (TPSA) is 63.8 Å². The lowest BCUT2D eigenvalue weighted by Gasteiger charge is -2.35. The Morgan fingerprint density at radius 3 is 2.62 bits per heavy atom. The number of aromatic amines is 1. The van der Waals surface area contributed by atoms with Crippen LogP contribution in [-0.2, 0) is 6.42 Å². The number of benzene rings is 3. The number of para-hydroxylation sites is 1. The Hall–Kier alpha value is -4.40. The molecule has 9 heteroatoms. The third kappa shape index (κ3) is 4.48. The van der Waals surface area contributed by atoms with Crippen LogP contribution in [0.25, 0.3) is 10.9 Å². The number of carbonyl (C=O) groups excluding carboxylic acids is 1. The van der Waals surface area contributed by atoms with Gasteiger partial charge in [0.05, 0.1) is 6.04 Å². The van der Waals surface area contributed by atoms with E-state index in [-0.39, 0.29) is 29.9 Å². The molecule has 0 aliphatic carbocycles. The van der Waals surface area contributed by atoms with Gasteiger partial charge in [-0.3, -0.25) is 4.79 Å². The summed E-state index contributed by atoms with van der Waals surface area (Å²) in [5.41, 5.74) is 4.55. The second-order valence-electron chi connectivity index (χ2n) is 8.82. The maximum absolute atomic E-state index is 12.8. The second kappa shape index (κ2) is 8.92. The zero-order valence-electron chi connectivity index (χ0n) is 19.4. The lowest BCUT2D eigenvalue weighted by molar-refractivity contribution is -0.274. The molecule has 1 aromatic heterocycles. The monoisotopic (exact) mass is 506 g/mol. The van der Waals surface area contributed by atoms with Crippen molar-refractivity contribution in [3.8, 4) is 17.2 Å².